The third-order valence-electron chi connectivity index (χ3n) is 6.61. The van der Waals surface area contributed by atoms with Crippen molar-refractivity contribution in [3.05, 3.63) is 65.3 Å². The minimum atomic E-state index is -1.20. The normalized spacial score (nSPS) is 17.6. The maximum atomic E-state index is 15.1. The van der Waals surface area contributed by atoms with Gasteiger partial charge in [-0.2, -0.15) is 0 Å². The number of benzene rings is 2. The molecule has 1 aliphatic heterocycles. The summed E-state index contributed by atoms with van der Waals surface area (Å²) < 4.78 is 32.2. The molecule has 2 aliphatic rings. The van der Waals surface area contributed by atoms with Crippen molar-refractivity contribution in [2.24, 2.45) is 0 Å². The lowest BCUT2D eigenvalue weighted by atomic mass is 9.89. The van der Waals surface area contributed by atoms with E-state index in [0.717, 1.165) is 24.7 Å². The lowest BCUT2D eigenvalue weighted by Gasteiger charge is -2.36. The number of aromatic nitrogens is 1. The average molecular weight is 478 g/mol. The van der Waals surface area contributed by atoms with Gasteiger partial charge in [-0.1, -0.05) is 12.1 Å². The summed E-state index contributed by atoms with van der Waals surface area (Å²) in [5.74, 6) is -1.68. The van der Waals surface area contributed by atoms with Crippen LogP contribution in [0.15, 0.2) is 47.2 Å². The Hall–Kier alpha value is -3.69. The number of aromatic carboxylic acids is 1. The number of morpholine rings is 1. The molecule has 35 heavy (non-hydrogen) atoms. The molecular weight excluding hydrogens is 455 g/mol. The number of aromatic hydroxyl groups is 1. The summed E-state index contributed by atoms with van der Waals surface area (Å²) in [4.78, 5) is 18.6. The molecule has 8 nitrogen and oxygen atoms in total. The number of rotatable bonds is 6. The van der Waals surface area contributed by atoms with Gasteiger partial charge in [0.2, 0.25) is 5.88 Å². The fourth-order valence-electron chi connectivity index (χ4n) is 4.87. The number of furan rings is 1. The molecule has 4 aromatic rings. The molecule has 1 atom stereocenters. The number of halogens is 1. The van der Waals surface area contributed by atoms with Crippen LogP contribution < -0.4 is 4.74 Å². The van der Waals surface area contributed by atoms with Gasteiger partial charge in [0.15, 0.2) is 0 Å². The molecule has 3 heterocycles. The van der Waals surface area contributed by atoms with E-state index in [-0.39, 0.29) is 39.3 Å². The molecule has 2 fully saturated rings. The smallest absolute Gasteiger partial charge is 0.339 e. The summed E-state index contributed by atoms with van der Waals surface area (Å²) in [6, 6.07) is 7.36. The zero-order chi connectivity index (χ0) is 24.1. The second kappa shape index (κ2) is 8.51. The summed E-state index contributed by atoms with van der Waals surface area (Å²) in [5, 5.41) is 22.0. The minimum absolute atomic E-state index is 0.0111. The molecule has 9 heteroatoms. The Morgan fingerprint density at radius 3 is 2.74 bits per heavy atom. The van der Waals surface area contributed by atoms with Gasteiger partial charge in [0, 0.05) is 41.7 Å². The molecule has 6 rings (SSSR count). The van der Waals surface area contributed by atoms with E-state index >= 15 is 4.39 Å². The quantitative estimate of drug-likeness (QED) is 0.418. The Balaban J connectivity index is 1.66. The minimum Gasteiger partial charge on any atom is -0.507 e. The summed E-state index contributed by atoms with van der Waals surface area (Å²) in [5.41, 5.74) is 1.13. The van der Waals surface area contributed by atoms with Gasteiger partial charge < -0.3 is 24.1 Å². The average Bonchev–Trinajstić information content (AvgIpc) is 3.56. The number of pyridine rings is 1. The number of fused-ring (bicyclic) bond motifs is 3. The number of carboxylic acid groups (broad SMARTS) is 1. The van der Waals surface area contributed by atoms with E-state index in [1.807, 2.05) is 0 Å². The highest BCUT2D eigenvalue weighted by Gasteiger charge is 2.34. The van der Waals surface area contributed by atoms with Crippen LogP contribution in [-0.4, -0.2) is 58.5 Å². The number of hydrogen-bond donors (Lipinski definition) is 2. The third-order valence-corrected chi connectivity index (χ3v) is 6.61. The van der Waals surface area contributed by atoms with E-state index in [0.29, 0.717) is 37.6 Å². The van der Waals surface area contributed by atoms with Crippen LogP contribution in [0, 0.1) is 5.82 Å². The van der Waals surface area contributed by atoms with Crippen LogP contribution in [0.4, 0.5) is 4.39 Å². The molecule has 0 amide bonds. The molecule has 180 valence electrons. The number of ether oxygens (including phenoxy) is 2. The highest BCUT2D eigenvalue weighted by atomic mass is 19.1. The van der Waals surface area contributed by atoms with Crippen molar-refractivity contribution >= 4 is 27.7 Å². The molecule has 0 bridgehead atoms. The first-order valence-corrected chi connectivity index (χ1v) is 11.5. The van der Waals surface area contributed by atoms with E-state index < -0.39 is 17.8 Å². The number of phenols is 1. The van der Waals surface area contributed by atoms with E-state index in [1.54, 1.807) is 24.4 Å². The molecule has 0 radical (unpaired) electrons. The van der Waals surface area contributed by atoms with Gasteiger partial charge >= 0.3 is 5.97 Å². The maximum Gasteiger partial charge on any atom is 0.339 e. The largest absolute Gasteiger partial charge is 0.507 e. The van der Waals surface area contributed by atoms with E-state index in [2.05, 4.69) is 9.88 Å². The second-order valence-corrected chi connectivity index (χ2v) is 8.88. The summed E-state index contributed by atoms with van der Waals surface area (Å²) in [7, 11) is 0. The molecular formula is C26H23FN2O6. The number of nitrogens with zero attached hydrogens (tertiary/aromatic N) is 2. The Kier molecular flexibility index (Phi) is 5.31. The fourth-order valence-corrected chi connectivity index (χ4v) is 4.87. The van der Waals surface area contributed by atoms with Crippen LogP contribution in [-0.2, 0) is 4.74 Å². The summed E-state index contributed by atoms with van der Waals surface area (Å²) in [6.07, 6.45) is 4.86. The zero-order valence-electron chi connectivity index (χ0n) is 18.7. The molecule has 1 saturated carbocycles. The fraction of sp³-hybridized carbons (Fsp3) is 0.308. The molecule has 1 saturated heterocycles. The number of hydrogen-bond acceptors (Lipinski definition) is 7. The van der Waals surface area contributed by atoms with Crippen LogP contribution in [0.25, 0.3) is 21.7 Å². The number of carboxylic acids is 1. The van der Waals surface area contributed by atoms with Crippen molar-refractivity contribution in [1.29, 1.82) is 0 Å². The predicted molar refractivity (Wildman–Crippen MR) is 124 cm³/mol. The lowest BCUT2D eigenvalue weighted by molar-refractivity contribution is 0.0238. The van der Waals surface area contributed by atoms with Gasteiger partial charge in [-0.25, -0.2) is 14.2 Å². The maximum absolute atomic E-state index is 15.1. The van der Waals surface area contributed by atoms with Gasteiger partial charge in [-0.15, -0.1) is 0 Å². The standard InChI is InChI=1S/C26H23FN2O6/c27-18-3-1-2-16-20(18)24(30)22(21-17(26(31)32)13-34-25(16)21)23(29-8-10-33-11-9-29)14-6-7-28-19(12-14)35-15-4-5-15/h1-3,6-7,12-13,15,23,30H,4-5,8-11H2,(H,31,32). The van der Waals surface area contributed by atoms with Crippen LogP contribution in [0.5, 0.6) is 11.6 Å². The molecule has 2 N–H and O–H groups in total. The predicted octanol–water partition coefficient (Wildman–Crippen LogP) is 4.49. The lowest BCUT2D eigenvalue weighted by Crippen LogP contribution is -2.39. The molecule has 2 aromatic heterocycles. The highest BCUT2D eigenvalue weighted by Crippen LogP contribution is 2.47. The van der Waals surface area contributed by atoms with Gasteiger partial charge in [0.1, 0.15) is 35.1 Å². The third kappa shape index (κ3) is 3.77. The molecule has 0 spiro atoms. The van der Waals surface area contributed by atoms with E-state index in [9.17, 15) is 15.0 Å². The summed E-state index contributed by atoms with van der Waals surface area (Å²) in [6.45, 7) is 2.00. The van der Waals surface area contributed by atoms with Crippen molar-refractivity contribution < 1.29 is 33.3 Å². The number of carbonyl (C=O) groups is 1. The Morgan fingerprint density at radius 1 is 1.20 bits per heavy atom. The zero-order valence-corrected chi connectivity index (χ0v) is 18.7. The molecule has 1 unspecified atom stereocenters. The Morgan fingerprint density at radius 2 is 2.00 bits per heavy atom. The first-order valence-electron chi connectivity index (χ1n) is 11.5. The first kappa shape index (κ1) is 21.8. The van der Waals surface area contributed by atoms with Crippen molar-refractivity contribution in [1.82, 2.24) is 9.88 Å². The molecule has 2 aromatic carbocycles. The van der Waals surface area contributed by atoms with E-state index in [4.69, 9.17) is 13.9 Å². The van der Waals surface area contributed by atoms with Crippen molar-refractivity contribution in [3.8, 4) is 11.6 Å². The molecule has 1 aliphatic carbocycles. The van der Waals surface area contributed by atoms with Crippen molar-refractivity contribution in [2.45, 2.75) is 25.0 Å². The van der Waals surface area contributed by atoms with Crippen LogP contribution in [0.1, 0.15) is 40.4 Å². The van der Waals surface area contributed by atoms with Crippen molar-refractivity contribution in [2.75, 3.05) is 26.3 Å². The van der Waals surface area contributed by atoms with Gasteiger partial charge in [0.05, 0.1) is 24.6 Å². The SMILES string of the molecule is O=C(O)c1coc2c1c(C(c1ccnc(OC3CC3)c1)N1CCOCC1)c(O)c1c(F)cccc12. The highest BCUT2D eigenvalue weighted by molar-refractivity contribution is 6.15. The Labute approximate surface area is 199 Å². The van der Waals surface area contributed by atoms with Crippen LogP contribution in [0.3, 0.4) is 0 Å². The Bertz CT molecular complexity index is 1440. The second-order valence-electron chi connectivity index (χ2n) is 8.88. The van der Waals surface area contributed by atoms with Crippen LogP contribution >= 0.6 is 0 Å². The van der Waals surface area contributed by atoms with Gasteiger partial charge in [-0.05, 0) is 30.5 Å². The first-order chi connectivity index (χ1) is 17.0. The monoisotopic (exact) mass is 478 g/mol. The van der Waals surface area contributed by atoms with Crippen LogP contribution in [0.2, 0.25) is 0 Å². The summed E-state index contributed by atoms with van der Waals surface area (Å²) >= 11 is 0. The topological polar surface area (TPSA) is 105 Å². The van der Waals surface area contributed by atoms with E-state index in [1.165, 1.54) is 12.1 Å². The van der Waals surface area contributed by atoms with Gasteiger partial charge in [-0.3, -0.25) is 4.90 Å². The van der Waals surface area contributed by atoms with Crippen molar-refractivity contribution in [3.63, 3.8) is 0 Å². The van der Waals surface area contributed by atoms with Gasteiger partial charge in [0.25, 0.3) is 0 Å². The number of phenolic OH excluding ortho intramolecular Hbond substituents is 1.